The Kier molecular flexibility index (Phi) is 6.75. The smallest absolute Gasteiger partial charge is 0.407 e. The van der Waals surface area contributed by atoms with Crippen molar-refractivity contribution >= 4 is 18.0 Å². The Bertz CT molecular complexity index is 1070. The number of rotatable bonds is 9. The molecule has 3 aliphatic carbocycles. The van der Waals surface area contributed by atoms with E-state index in [-0.39, 0.29) is 36.8 Å². The molecule has 0 bridgehead atoms. The van der Waals surface area contributed by atoms with Crippen LogP contribution in [-0.4, -0.2) is 41.8 Å². The molecular formula is C28H32N2O5. The van der Waals surface area contributed by atoms with E-state index in [9.17, 15) is 19.5 Å². The maximum atomic E-state index is 12.7. The zero-order valence-electron chi connectivity index (χ0n) is 19.7. The predicted molar refractivity (Wildman–Crippen MR) is 131 cm³/mol. The Morgan fingerprint density at radius 1 is 0.943 bits per heavy atom. The van der Waals surface area contributed by atoms with Gasteiger partial charge >= 0.3 is 12.1 Å². The first-order valence-corrected chi connectivity index (χ1v) is 12.6. The largest absolute Gasteiger partial charge is 0.480 e. The summed E-state index contributed by atoms with van der Waals surface area (Å²) in [4.78, 5) is 36.7. The molecule has 35 heavy (non-hydrogen) atoms. The first kappa shape index (κ1) is 23.4. The molecule has 0 heterocycles. The molecule has 7 nitrogen and oxygen atoms in total. The van der Waals surface area contributed by atoms with Gasteiger partial charge in [0.1, 0.15) is 12.6 Å². The van der Waals surface area contributed by atoms with Crippen LogP contribution in [0.1, 0.15) is 62.0 Å². The molecule has 2 aromatic carbocycles. The van der Waals surface area contributed by atoms with E-state index in [1.165, 1.54) is 11.1 Å². The van der Waals surface area contributed by atoms with Gasteiger partial charge in [-0.1, -0.05) is 67.8 Å². The Balaban J connectivity index is 1.14. The molecule has 3 aliphatic rings. The van der Waals surface area contributed by atoms with Crippen LogP contribution in [0, 0.1) is 11.8 Å². The number of carbonyl (C=O) groups is 3. The van der Waals surface area contributed by atoms with Crippen LogP contribution in [0.25, 0.3) is 11.1 Å². The average Bonchev–Trinajstić information content (AvgIpc) is 3.48. The minimum absolute atomic E-state index is 0.00211. The number of hydrogen-bond acceptors (Lipinski definition) is 4. The van der Waals surface area contributed by atoms with Gasteiger partial charge in [0, 0.05) is 18.4 Å². The van der Waals surface area contributed by atoms with Gasteiger partial charge < -0.3 is 20.5 Å². The zero-order chi connectivity index (χ0) is 24.4. The maximum absolute atomic E-state index is 12.7. The first-order valence-electron chi connectivity index (χ1n) is 12.6. The van der Waals surface area contributed by atoms with Gasteiger partial charge in [-0.05, 0) is 53.4 Å². The van der Waals surface area contributed by atoms with Crippen molar-refractivity contribution in [2.45, 2.75) is 62.9 Å². The maximum Gasteiger partial charge on any atom is 0.407 e. The molecule has 0 aliphatic heterocycles. The number of nitrogens with one attached hydrogen (secondary N) is 2. The van der Waals surface area contributed by atoms with E-state index in [1.54, 1.807) is 0 Å². The summed E-state index contributed by atoms with van der Waals surface area (Å²) >= 11 is 0. The van der Waals surface area contributed by atoms with E-state index >= 15 is 0 Å². The van der Waals surface area contributed by atoms with Crippen molar-refractivity contribution in [3.05, 3.63) is 59.7 Å². The number of carbonyl (C=O) groups excluding carboxylic acids is 2. The molecule has 0 radical (unpaired) electrons. The third-order valence-electron chi connectivity index (χ3n) is 7.65. The third-order valence-corrected chi connectivity index (χ3v) is 7.65. The second-order valence-corrected chi connectivity index (χ2v) is 10.1. The Labute approximate surface area is 205 Å². The molecule has 2 aromatic rings. The van der Waals surface area contributed by atoms with Gasteiger partial charge in [-0.15, -0.1) is 0 Å². The van der Waals surface area contributed by atoms with Crippen LogP contribution in [-0.2, 0) is 14.3 Å². The molecule has 3 atom stereocenters. The number of fused-ring (bicyclic) bond motifs is 3. The van der Waals surface area contributed by atoms with Crippen LogP contribution in [0.4, 0.5) is 4.79 Å². The average molecular weight is 477 g/mol. The van der Waals surface area contributed by atoms with Crippen LogP contribution in [0.5, 0.6) is 0 Å². The number of hydrogen-bond donors (Lipinski definition) is 3. The normalized spacial score (nSPS) is 21.6. The van der Waals surface area contributed by atoms with Crippen molar-refractivity contribution in [2.75, 3.05) is 6.61 Å². The highest BCUT2D eigenvalue weighted by molar-refractivity contribution is 5.84. The minimum Gasteiger partial charge on any atom is -0.480 e. The quantitative estimate of drug-likeness (QED) is 0.496. The highest BCUT2D eigenvalue weighted by atomic mass is 16.5. The molecule has 0 aromatic heterocycles. The molecule has 0 spiro atoms. The molecule has 2 fully saturated rings. The highest BCUT2D eigenvalue weighted by Crippen LogP contribution is 2.44. The summed E-state index contributed by atoms with van der Waals surface area (Å²) in [6.45, 7) is 0.249. The molecule has 2 amide bonds. The monoisotopic (exact) mass is 476 g/mol. The van der Waals surface area contributed by atoms with Crippen LogP contribution < -0.4 is 10.6 Å². The number of carboxylic acids is 1. The van der Waals surface area contributed by atoms with Crippen molar-refractivity contribution in [3.8, 4) is 11.1 Å². The molecule has 3 unspecified atom stereocenters. The molecular weight excluding hydrogens is 444 g/mol. The van der Waals surface area contributed by atoms with Crippen LogP contribution in [0.3, 0.4) is 0 Å². The van der Waals surface area contributed by atoms with Gasteiger partial charge in [0.05, 0.1) is 0 Å². The van der Waals surface area contributed by atoms with E-state index in [0.29, 0.717) is 12.3 Å². The van der Waals surface area contributed by atoms with Gasteiger partial charge in [-0.25, -0.2) is 9.59 Å². The fourth-order valence-corrected chi connectivity index (χ4v) is 5.66. The topological polar surface area (TPSA) is 105 Å². The number of amides is 2. The van der Waals surface area contributed by atoms with Gasteiger partial charge in [0.2, 0.25) is 5.91 Å². The van der Waals surface area contributed by atoms with Crippen molar-refractivity contribution < 1.29 is 24.2 Å². The van der Waals surface area contributed by atoms with Crippen LogP contribution in [0.2, 0.25) is 0 Å². The van der Waals surface area contributed by atoms with Gasteiger partial charge in [-0.3, -0.25) is 4.79 Å². The van der Waals surface area contributed by atoms with E-state index in [1.807, 2.05) is 24.3 Å². The summed E-state index contributed by atoms with van der Waals surface area (Å²) in [6, 6.07) is 15.4. The fourth-order valence-electron chi connectivity index (χ4n) is 5.66. The third kappa shape index (κ3) is 5.34. The lowest BCUT2D eigenvalue weighted by atomic mass is 9.98. The fraction of sp³-hybridized carbons (Fsp3) is 0.464. The number of carboxylic acid groups (broad SMARTS) is 1. The lowest BCUT2D eigenvalue weighted by Gasteiger charge is -2.22. The van der Waals surface area contributed by atoms with Crippen LogP contribution >= 0.6 is 0 Å². The predicted octanol–water partition coefficient (Wildman–Crippen LogP) is 4.45. The number of alkyl carbamates (subject to hydrolysis) is 1. The first-order chi connectivity index (χ1) is 17.0. The van der Waals surface area contributed by atoms with Gasteiger partial charge in [0.15, 0.2) is 0 Å². The number of benzene rings is 2. The standard InChI is InChI=1S/C28H32N2O5/c31-26(29-25(27(32)33)14-17-12-13-17)15-18-6-5-11-24(18)30-28(34)35-16-23-21-9-3-1-7-19(21)20-8-2-4-10-22(20)23/h1-4,7-10,17-18,23-25H,5-6,11-16H2,(H,29,31)(H,30,34)(H,32,33). The summed E-state index contributed by atoms with van der Waals surface area (Å²) in [5, 5.41) is 15.1. The Morgan fingerprint density at radius 2 is 1.60 bits per heavy atom. The molecule has 0 saturated heterocycles. The molecule has 3 N–H and O–H groups in total. The van der Waals surface area contributed by atoms with Gasteiger partial charge in [0.25, 0.3) is 0 Å². The molecule has 184 valence electrons. The van der Waals surface area contributed by atoms with Crippen LogP contribution in [0.15, 0.2) is 48.5 Å². The van der Waals surface area contributed by atoms with Crippen molar-refractivity contribution in [2.24, 2.45) is 11.8 Å². The number of ether oxygens (including phenoxy) is 1. The summed E-state index contributed by atoms with van der Waals surface area (Å²) < 4.78 is 5.67. The van der Waals surface area contributed by atoms with E-state index in [0.717, 1.165) is 43.2 Å². The molecule has 7 heteroatoms. The highest BCUT2D eigenvalue weighted by Gasteiger charge is 2.34. The second-order valence-electron chi connectivity index (χ2n) is 10.1. The lowest BCUT2D eigenvalue weighted by molar-refractivity contribution is -0.142. The van der Waals surface area contributed by atoms with Crippen molar-refractivity contribution in [3.63, 3.8) is 0 Å². The summed E-state index contributed by atoms with van der Waals surface area (Å²) in [5.41, 5.74) is 4.69. The van der Waals surface area contributed by atoms with E-state index in [2.05, 4.69) is 34.9 Å². The summed E-state index contributed by atoms with van der Waals surface area (Å²) in [6.07, 6.45) is 4.82. The summed E-state index contributed by atoms with van der Waals surface area (Å²) in [7, 11) is 0. The molecule has 2 saturated carbocycles. The van der Waals surface area contributed by atoms with Gasteiger partial charge in [-0.2, -0.15) is 0 Å². The van der Waals surface area contributed by atoms with E-state index in [4.69, 9.17) is 4.74 Å². The van der Waals surface area contributed by atoms with Crippen molar-refractivity contribution in [1.82, 2.24) is 10.6 Å². The molecule has 5 rings (SSSR count). The Morgan fingerprint density at radius 3 is 2.23 bits per heavy atom. The van der Waals surface area contributed by atoms with E-state index < -0.39 is 18.1 Å². The second kappa shape index (κ2) is 10.1. The zero-order valence-corrected chi connectivity index (χ0v) is 19.7. The number of aliphatic carboxylic acids is 1. The Hall–Kier alpha value is -3.35. The minimum atomic E-state index is -0.981. The summed E-state index contributed by atoms with van der Waals surface area (Å²) in [5.74, 6) is -0.858. The van der Waals surface area contributed by atoms with Crippen molar-refractivity contribution in [1.29, 1.82) is 0 Å². The SMILES string of the molecule is O=C(CC1CCCC1NC(=O)OCC1c2ccccc2-c2ccccc21)NC(CC1CC1)C(=O)O. The lowest BCUT2D eigenvalue weighted by Crippen LogP contribution is -2.44.